The molecule has 1 aliphatic rings. The molecule has 1 heterocycles. The van der Waals surface area contributed by atoms with Crippen molar-refractivity contribution in [2.24, 2.45) is 0 Å². The second kappa shape index (κ2) is 3.18. The van der Waals surface area contributed by atoms with E-state index in [4.69, 9.17) is 0 Å². The Balaban J connectivity index is 2.55. The van der Waals surface area contributed by atoms with E-state index in [1.165, 1.54) is 0 Å². The highest BCUT2D eigenvalue weighted by atomic mass is 127. The molecule has 2 amide bonds. The second-order valence-electron chi connectivity index (χ2n) is 1.79. The van der Waals surface area contributed by atoms with Gasteiger partial charge in [0.1, 0.15) is 6.61 Å². The fraction of sp³-hybridized carbons (Fsp3) is 0.600. The molecule has 0 N–H and O–H groups in total. The number of rotatable bonds is 1. The van der Waals surface area contributed by atoms with Gasteiger partial charge in [0.15, 0.2) is 0 Å². The summed E-state index contributed by atoms with van der Waals surface area (Å²) in [5.74, 6) is -0.178. The van der Waals surface area contributed by atoms with E-state index in [0.717, 1.165) is 4.90 Å². The third kappa shape index (κ3) is 1.39. The summed E-state index contributed by atoms with van der Waals surface area (Å²) in [6, 6.07) is 0. The predicted octanol–water partition coefficient (Wildman–Crippen LogP) is 0.400. The fourth-order valence-corrected chi connectivity index (χ4v) is 1.10. The average Bonchev–Trinajstić information content (AvgIpc) is 2.34. The summed E-state index contributed by atoms with van der Waals surface area (Å²) < 4.78 is 4.88. The summed E-state index contributed by atoms with van der Waals surface area (Å²) >= 11 is 1.91. The van der Waals surface area contributed by atoms with Gasteiger partial charge in [0.05, 0.1) is 11.0 Å². The molecule has 56 valence electrons. The summed E-state index contributed by atoms with van der Waals surface area (Å²) in [6.45, 7) is 0.738. The van der Waals surface area contributed by atoms with E-state index >= 15 is 0 Å². The molecule has 0 atom stereocenters. The number of carbonyl (C=O) groups excluding carboxylic acids is 2. The first kappa shape index (κ1) is 7.77. The number of hydrogen-bond donors (Lipinski definition) is 0. The van der Waals surface area contributed by atoms with Crippen LogP contribution in [0.5, 0.6) is 0 Å². The Kier molecular flexibility index (Phi) is 2.47. The van der Waals surface area contributed by atoms with Crippen LogP contribution in [0.1, 0.15) is 0 Å². The molecule has 4 nitrogen and oxygen atoms in total. The van der Waals surface area contributed by atoms with Crippen molar-refractivity contribution < 1.29 is 14.3 Å². The van der Waals surface area contributed by atoms with Crippen molar-refractivity contribution in [3.63, 3.8) is 0 Å². The van der Waals surface area contributed by atoms with Crippen LogP contribution >= 0.6 is 22.6 Å². The first-order chi connectivity index (χ1) is 4.75. The lowest BCUT2D eigenvalue weighted by molar-refractivity contribution is -0.124. The minimum Gasteiger partial charge on any atom is -0.447 e. The molecule has 0 unspecified atom stereocenters. The van der Waals surface area contributed by atoms with Crippen molar-refractivity contribution in [3.8, 4) is 0 Å². The van der Waals surface area contributed by atoms with Gasteiger partial charge in [-0.25, -0.2) is 9.69 Å². The number of cyclic esters (lactones) is 1. The molecule has 0 aromatic heterocycles. The fourth-order valence-electron chi connectivity index (χ4n) is 0.692. The van der Waals surface area contributed by atoms with Gasteiger partial charge < -0.3 is 4.74 Å². The zero-order valence-corrected chi connectivity index (χ0v) is 7.33. The van der Waals surface area contributed by atoms with Crippen LogP contribution in [-0.4, -0.2) is 34.5 Å². The quantitative estimate of drug-likeness (QED) is 0.503. The first-order valence-electron chi connectivity index (χ1n) is 2.79. The summed E-state index contributed by atoms with van der Waals surface area (Å²) in [7, 11) is 0. The van der Waals surface area contributed by atoms with Gasteiger partial charge in [0.25, 0.3) is 0 Å². The lowest BCUT2D eigenvalue weighted by Crippen LogP contribution is -2.32. The van der Waals surface area contributed by atoms with E-state index in [9.17, 15) is 9.59 Å². The minimum atomic E-state index is -0.512. The van der Waals surface area contributed by atoms with Crippen molar-refractivity contribution in [2.45, 2.75) is 0 Å². The van der Waals surface area contributed by atoms with Gasteiger partial charge in [0, 0.05) is 0 Å². The summed E-state index contributed by atoms with van der Waals surface area (Å²) in [5.41, 5.74) is 0. The number of imide groups is 1. The first-order valence-corrected chi connectivity index (χ1v) is 4.31. The highest BCUT2D eigenvalue weighted by Crippen LogP contribution is 2.04. The number of alkyl halides is 1. The Labute approximate surface area is 71.7 Å². The van der Waals surface area contributed by atoms with Crippen molar-refractivity contribution in [1.82, 2.24) is 4.90 Å². The highest BCUT2D eigenvalue weighted by molar-refractivity contribution is 14.1. The van der Waals surface area contributed by atoms with Gasteiger partial charge in [-0.1, -0.05) is 22.6 Å². The van der Waals surface area contributed by atoms with Crippen LogP contribution in [0.25, 0.3) is 0 Å². The number of ether oxygens (including phenoxy) is 1. The Hall–Kier alpha value is -0.330. The molecule has 10 heavy (non-hydrogen) atoms. The summed E-state index contributed by atoms with van der Waals surface area (Å²) in [4.78, 5) is 22.6. The van der Waals surface area contributed by atoms with Gasteiger partial charge >= 0.3 is 6.09 Å². The average molecular weight is 255 g/mol. The highest BCUT2D eigenvalue weighted by Gasteiger charge is 2.26. The number of hydrogen-bond acceptors (Lipinski definition) is 3. The van der Waals surface area contributed by atoms with Gasteiger partial charge in [-0.15, -0.1) is 0 Å². The van der Waals surface area contributed by atoms with Crippen LogP contribution in [0, 0.1) is 0 Å². The van der Waals surface area contributed by atoms with Gasteiger partial charge in [-0.05, 0) is 0 Å². The third-order valence-electron chi connectivity index (χ3n) is 1.18. The lowest BCUT2D eigenvalue weighted by atomic mass is 10.5. The SMILES string of the molecule is O=C(CI)N1CCOC1=O. The molecule has 0 aromatic carbocycles. The van der Waals surface area contributed by atoms with E-state index in [1.807, 2.05) is 22.6 Å². The van der Waals surface area contributed by atoms with E-state index in [-0.39, 0.29) is 5.91 Å². The molecule has 0 radical (unpaired) electrons. The van der Waals surface area contributed by atoms with Gasteiger partial charge in [0.2, 0.25) is 5.91 Å². The molecule has 1 saturated heterocycles. The largest absolute Gasteiger partial charge is 0.447 e. The molecule has 0 saturated carbocycles. The molecule has 0 spiro atoms. The van der Waals surface area contributed by atoms with Crippen LogP contribution in [-0.2, 0) is 9.53 Å². The van der Waals surface area contributed by atoms with E-state index in [0.29, 0.717) is 17.6 Å². The van der Waals surface area contributed by atoms with Crippen molar-refractivity contribution in [2.75, 3.05) is 17.6 Å². The smallest absolute Gasteiger partial charge is 0.416 e. The molecular formula is C5H6INO3. The molecule has 1 aliphatic heterocycles. The van der Waals surface area contributed by atoms with Crippen LogP contribution < -0.4 is 0 Å². The van der Waals surface area contributed by atoms with Crippen molar-refractivity contribution >= 4 is 34.6 Å². The Morgan fingerprint density at radius 3 is 2.90 bits per heavy atom. The summed E-state index contributed by atoms with van der Waals surface area (Å²) in [6.07, 6.45) is -0.512. The van der Waals surface area contributed by atoms with Gasteiger partial charge in [-0.2, -0.15) is 0 Å². The normalized spacial score (nSPS) is 17.3. The van der Waals surface area contributed by atoms with Crippen molar-refractivity contribution in [3.05, 3.63) is 0 Å². The Morgan fingerprint density at radius 1 is 1.80 bits per heavy atom. The van der Waals surface area contributed by atoms with Crippen molar-refractivity contribution in [1.29, 1.82) is 0 Å². The molecule has 5 heteroatoms. The monoisotopic (exact) mass is 255 g/mol. The van der Waals surface area contributed by atoms with E-state index in [2.05, 4.69) is 4.74 Å². The Morgan fingerprint density at radius 2 is 2.50 bits per heavy atom. The zero-order chi connectivity index (χ0) is 7.56. The molecular weight excluding hydrogens is 249 g/mol. The van der Waals surface area contributed by atoms with E-state index in [1.54, 1.807) is 0 Å². The molecule has 0 bridgehead atoms. The topological polar surface area (TPSA) is 46.6 Å². The van der Waals surface area contributed by atoms with E-state index < -0.39 is 6.09 Å². The maximum atomic E-state index is 10.8. The molecule has 0 aliphatic carbocycles. The Bertz CT molecular complexity index is 170. The minimum absolute atomic E-state index is 0.178. The maximum Gasteiger partial charge on any atom is 0.416 e. The number of amides is 2. The number of halogens is 1. The second-order valence-corrected chi connectivity index (χ2v) is 2.56. The van der Waals surface area contributed by atoms with Crippen LogP contribution in [0.2, 0.25) is 0 Å². The number of nitrogens with zero attached hydrogens (tertiary/aromatic N) is 1. The molecule has 1 fully saturated rings. The lowest BCUT2D eigenvalue weighted by Gasteiger charge is -2.06. The van der Waals surface area contributed by atoms with Crippen LogP contribution in [0.3, 0.4) is 0 Å². The third-order valence-corrected chi connectivity index (χ3v) is 1.83. The van der Waals surface area contributed by atoms with Crippen LogP contribution in [0.15, 0.2) is 0 Å². The summed E-state index contributed by atoms with van der Waals surface area (Å²) in [5, 5.41) is 0. The van der Waals surface area contributed by atoms with Gasteiger partial charge in [-0.3, -0.25) is 4.79 Å². The molecule has 0 aromatic rings. The van der Waals surface area contributed by atoms with Crippen LogP contribution in [0.4, 0.5) is 4.79 Å². The predicted molar refractivity (Wildman–Crippen MR) is 41.9 cm³/mol. The zero-order valence-electron chi connectivity index (χ0n) is 5.17. The number of carbonyl (C=O) groups is 2. The standard InChI is InChI=1S/C5H6INO3/c6-3-4(8)7-1-2-10-5(7)9/h1-3H2. The maximum absolute atomic E-state index is 10.8. The molecule has 1 rings (SSSR count).